The third-order valence-electron chi connectivity index (χ3n) is 27.9. The molecule has 5 heteroatoms. The molecule has 2 aliphatic rings. The van der Waals surface area contributed by atoms with Crippen molar-refractivity contribution in [3.8, 4) is 67.0 Å². The van der Waals surface area contributed by atoms with Crippen LogP contribution < -0.4 is 26.2 Å². The van der Waals surface area contributed by atoms with Gasteiger partial charge >= 0.3 is 0 Å². The summed E-state index contributed by atoms with van der Waals surface area (Å²) in [6, 6.07) is 93.2. The summed E-state index contributed by atoms with van der Waals surface area (Å²) >= 11 is 0. The molecule has 0 saturated carbocycles. The summed E-state index contributed by atoms with van der Waals surface area (Å²) < 4.78 is 53.2. The highest BCUT2D eigenvalue weighted by molar-refractivity contribution is 7.00. The predicted octanol–water partition coefficient (Wildman–Crippen LogP) is 33.3. The molecular formula is C124H135BN4. The number of hydrogen-bond donors (Lipinski definition) is 0. The Balaban J connectivity index is 1.11. The van der Waals surface area contributed by atoms with Gasteiger partial charge in [0.05, 0.1) is 46.0 Å². The third-order valence-corrected chi connectivity index (χ3v) is 27.9. The predicted molar refractivity (Wildman–Crippen MR) is 563 cm³/mol. The van der Waals surface area contributed by atoms with Gasteiger partial charge in [-0.2, -0.15) is 0 Å². The Hall–Kier alpha value is -11.7. The third kappa shape index (κ3) is 15.8. The first-order valence-electron chi connectivity index (χ1n) is 49.5. The molecule has 0 aliphatic carbocycles. The van der Waals surface area contributed by atoms with Crippen molar-refractivity contribution in [3.05, 3.63) is 329 Å². The summed E-state index contributed by atoms with van der Waals surface area (Å²) in [7, 11) is 0. The zero-order valence-corrected chi connectivity index (χ0v) is 82.5. The lowest BCUT2D eigenvalue weighted by atomic mass is 9.33. The van der Waals surface area contributed by atoms with Crippen LogP contribution in [0.3, 0.4) is 0 Å². The number of fused-ring (bicyclic) bond motifs is 10. The van der Waals surface area contributed by atoms with Crippen LogP contribution >= 0.6 is 0 Å². The zero-order valence-electron chi connectivity index (χ0n) is 87.5. The number of aromatic nitrogens is 2. The molecule has 0 radical (unpaired) electrons. The molecule has 2 aliphatic heterocycles. The molecule has 18 rings (SSSR count). The van der Waals surface area contributed by atoms with Crippen molar-refractivity contribution in [2.75, 3.05) is 9.80 Å². The topological polar surface area (TPSA) is 16.3 Å². The molecule has 0 unspecified atom stereocenters. The van der Waals surface area contributed by atoms with E-state index < -0.39 is 12.8 Å². The van der Waals surface area contributed by atoms with Gasteiger partial charge in [0.1, 0.15) is 0 Å². The first kappa shape index (κ1) is 81.8. The van der Waals surface area contributed by atoms with Crippen molar-refractivity contribution in [2.24, 2.45) is 0 Å². The van der Waals surface area contributed by atoms with Crippen molar-refractivity contribution in [2.45, 2.75) is 262 Å². The molecule has 0 amide bonds. The van der Waals surface area contributed by atoms with Gasteiger partial charge in [-0.25, -0.2) is 0 Å². The molecular weight excluding hydrogens is 1560 g/mol. The lowest BCUT2D eigenvalue weighted by molar-refractivity contribution is 0.568. The highest BCUT2D eigenvalue weighted by Crippen LogP contribution is 2.57. The number of nitrogens with zero attached hydrogens (tertiary/aromatic N) is 4. The molecule has 0 N–H and O–H groups in total. The zero-order chi connectivity index (χ0) is 96.6. The lowest BCUT2D eigenvalue weighted by Gasteiger charge is -2.46. The van der Waals surface area contributed by atoms with Gasteiger partial charge in [-0.3, -0.25) is 0 Å². The molecule has 0 saturated heterocycles. The Morgan fingerprint density at radius 2 is 0.496 bits per heavy atom. The Bertz CT molecular complexity index is 7270. The van der Waals surface area contributed by atoms with E-state index in [9.17, 15) is 5.48 Å². The first-order chi connectivity index (χ1) is 62.3. The largest absolute Gasteiger partial charge is 0.310 e. The van der Waals surface area contributed by atoms with Gasteiger partial charge in [-0.15, -0.1) is 0 Å². The Morgan fingerprint density at radius 1 is 0.217 bits per heavy atom. The van der Waals surface area contributed by atoms with E-state index in [1.165, 1.54) is 66.4 Å². The minimum absolute atomic E-state index is 0.132. The number of anilines is 6. The highest BCUT2D eigenvalue weighted by Gasteiger charge is 2.47. The van der Waals surface area contributed by atoms with Crippen LogP contribution in [0.4, 0.5) is 34.1 Å². The fourth-order valence-corrected chi connectivity index (χ4v) is 19.8. The average Bonchev–Trinajstić information content (AvgIpc) is 0.851. The Morgan fingerprint density at radius 3 is 0.822 bits per heavy atom. The van der Waals surface area contributed by atoms with Gasteiger partial charge in [0.25, 0.3) is 6.71 Å². The van der Waals surface area contributed by atoms with Gasteiger partial charge in [0, 0.05) is 72.2 Å². The van der Waals surface area contributed by atoms with Gasteiger partial charge in [0.15, 0.2) is 0 Å². The summed E-state index contributed by atoms with van der Waals surface area (Å²) in [5.74, 6) is 0. The summed E-state index contributed by atoms with van der Waals surface area (Å²) in [6.07, 6.45) is 0. The summed E-state index contributed by atoms with van der Waals surface area (Å²) in [4.78, 5) is 5.30. The smallest absolute Gasteiger partial charge is 0.252 e. The van der Waals surface area contributed by atoms with Crippen molar-refractivity contribution < 1.29 is 6.85 Å². The van der Waals surface area contributed by atoms with Crippen LogP contribution in [-0.4, -0.2) is 15.8 Å². The maximum Gasteiger partial charge on any atom is 0.252 e. The molecule has 2 aromatic heterocycles. The monoisotopic (exact) mass is 1700 g/mol. The minimum Gasteiger partial charge on any atom is -0.310 e. The van der Waals surface area contributed by atoms with Crippen LogP contribution in [-0.2, 0) is 54.1 Å². The van der Waals surface area contributed by atoms with Crippen LogP contribution in [0.25, 0.3) is 111 Å². The van der Waals surface area contributed by atoms with E-state index in [1.54, 1.807) is 0 Å². The molecule has 14 aromatic carbocycles. The second-order valence-corrected chi connectivity index (χ2v) is 47.8. The average molecular weight is 1700 g/mol. The maximum absolute atomic E-state index is 10.0. The normalized spacial score (nSPS) is 14.3. The van der Waals surface area contributed by atoms with E-state index >= 15 is 0 Å². The molecule has 4 nitrogen and oxygen atoms in total. The van der Waals surface area contributed by atoms with Crippen molar-refractivity contribution in [1.29, 1.82) is 0 Å². The number of benzene rings is 14. The first-order valence-corrected chi connectivity index (χ1v) is 47.0. The Kier molecular flexibility index (Phi) is 19.3. The van der Waals surface area contributed by atoms with E-state index in [0.717, 1.165) is 139 Å². The van der Waals surface area contributed by atoms with E-state index in [4.69, 9.17) is 1.37 Å². The molecule has 129 heavy (non-hydrogen) atoms. The van der Waals surface area contributed by atoms with Gasteiger partial charge in [-0.1, -0.05) is 402 Å². The van der Waals surface area contributed by atoms with E-state index in [0.29, 0.717) is 5.56 Å². The molecule has 0 spiro atoms. The molecule has 4 heterocycles. The van der Waals surface area contributed by atoms with Crippen molar-refractivity contribution in [1.82, 2.24) is 9.13 Å². The SMILES string of the molecule is [2H]c1c([2H])c([2H])c(-c2ccc3c(c2)N(c2c(-c4ccc(C(C)(C)C)cc4)cccc2-c2cc(C(C)(C)C)cc(C(C)(C)C)c2)c2cc(-n4c5ccc(C(C)(C)C)cc5c5cc(C(C)(C)C)ccc54)cc4c2B3c2ccc(-n3c5ccc(C(C)(C)C)cc5c5cc(C(C)(C)C)ccc53)cc2N4c2c(-c3ccc(C(C)(C)C)cc3)cccc2-c2cc(C(C)(C)C)cc(C(C)(C)C)c2)c([2H])c1[2H]. The van der Waals surface area contributed by atoms with Crippen molar-refractivity contribution in [3.63, 3.8) is 0 Å². The molecule has 0 bridgehead atoms. The Labute approximate surface area is 779 Å². The van der Waals surface area contributed by atoms with E-state index in [2.05, 4.69) is 463 Å². The summed E-state index contributed by atoms with van der Waals surface area (Å²) in [5, 5.41) is 4.72. The van der Waals surface area contributed by atoms with Crippen LogP contribution in [0.5, 0.6) is 0 Å². The molecule has 0 fully saturated rings. The summed E-state index contributed by atoms with van der Waals surface area (Å²) in [6.45, 7) is 69.1. The van der Waals surface area contributed by atoms with E-state index in [1.807, 2.05) is 6.07 Å². The van der Waals surface area contributed by atoms with Crippen LogP contribution in [0.2, 0.25) is 0 Å². The number of rotatable bonds is 9. The van der Waals surface area contributed by atoms with Gasteiger partial charge in [0.2, 0.25) is 0 Å². The van der Waals surface area contributed by atoms with Crippen LogP contribution in [0.15, 0.2) is 273 Å². The van der Waals surface area contributed by atoms with Crippen LogP contribution in [0.1, 0.15) is 270 Å². The quantitative estimate of drug-likeness (QED) is 0.134. The molecule has 654 valence electrons. The fraction of sp³-hybridized carbons (Fsp3) is 0.323. The molecule has 0 atom stereocenters. The standard InChI is InChI=1S/C124H135BN4/c1-115(2,3)82-47-42-77(43-48-82)94-38-34-40-96(80-62-88(121(19,20)21)67-89(63-80)122(22,23)24)113(94)128-108-66-79(76-36-32-31-33-37-76)46-56-102(108)125-103-57-55-92(126-104-58-51-84(117(7,8)9)69-98(104)99-70-85(118(10,11)12)52-59-105(99)126)73-109(103)129(111-75-93(74-110(128)112(111)125)127-106-60-53-86(119(13,14)15)71-100(106)101-72-87(120(16,17)18)54-61-107(101)127)114-95(78-44-49-83(50-45-78)116(4,5)6)39-35-41-97(114)81-64-90(123(25,26)27)68-91(65-81)124(28,29)30/h31-75H,1-30H3/i31D,32D,33D,36D,37D. The minimum atomic E-state index is -0.532. The summed E-state index contributed by atoms with van der Waals surface area (Å²) in [5.41, 5.74) is 34.6. The second-order valence-electron chi connectivity index (χ2n) is 47.8. The fourth-order valence-electron chi connectivity index (χ4n) is 19.8. The molecule has 16 aromatic rings. The highest BCUT2D eigenvalue weighted by atomic mass is 15.2. The van der Waals surface area contributed by atoms with Crippen LogP contribution in [0, 0.1) is 0 Å². The number of para-hydroxylation sites is 2. The second kappa shape index (κ2) is 30.5. The van der Waals surface area contributed by atoms with Gasteiger partial charge in [-0.05, 0) is 238 Å². The van der Waals surface area contributed by atoms with E-state index in [-0.39, 0.29) is 83.9 Å². The maximum atomic E-state index is 10.0. The number of hydrogen-bond acceptors (Lipinski definition) is 2. The van der Waals surface area contributed by atoms with Gasteiger partial charge < -0.3 is 18.9 Å². The van der Waals surface area contributed by atoms with Crippen molar-refractivity contribution >= 4 is 101 Å². The lowest BCUT2D eigenvalue weighted by Crippen LogP contribution is -2.61.